The summed E-state index contributed by atoms with van der Waals surface area (Å²) < 4.78 is 31.0. The molecule has 2 aliphatic rings. The molecule has 0 spiro atoms. The number of fused-ring (bicyclic) bond motifs is 2. The van der Waals surface area contributed by atoms with Crippen LogP contribution >= 0.6 is 27.3 Å². The van der Waals surface area contributed by atoms with E-state index in [0.29, 0.717) is 23.5 Å². The zero-order valence-electron chi connectivity index (χ0n) is 20.2. The van der Waals surface area contributed by atoms with Crippen LogP contribution in [0.25, 0.3) is 11.2 Å². The minimum atomic E-state index is -0.865. The maximum absolute atomic E-state index is 12.0. The second-order valence-electron chi connectivity index (χ2n) is 8.76. The maximum Gasteiger partial charge on any atom is 0.407 e. The Morgan fingerprint density at radius 2 is 2.03 bits per heavy atom. The Hall–Kier alpha value is -2.85. The van der Waals surface area contributed by atoms with Gasteiger partial charge in [0.1, 0.15) is 37.8 Å². The fourth-order valence-corrected chi connectivity index (χ4v) is 5.65. The van der Waals surface area contributed by atoms with E-state index in [9.17, 15) is 9.59 Å². The van der Waals surface area contributed by atoms with E-state index in [0.717, 1.165) is 8.66 Å². The number of imidazole rings is 1. The normalized spacial score (nSPS) is 24.1. The molecule has 2 aliphatic heterocycles. The van der Waals surface area contributed by atoms with Crippen LogP contribution in [-0.4, -0.2) is 75.9 Å². The third-order valence-electron chi connectivity index (χ3n) is 5.80. The van der Waals surface area contributed by atoms with Crippen LogP contribution in [0.5, 0.6) is 0 Å². The largest absolute Gasteiger partial charge is 0.468 e. The van der Waals surface area contributed by atoms with Gasteiger partial charge in [-0.15, -0.1) is 11.3 Å². The molecule has 198 valence electrons. The molecule has 13 nitrogen and oxygen atoms in total. The summed E-state index contributed by atoms with van der Waals surface area (Å²) in [5.41, 5.74) is 1.14. The van der Waals surface area contributed by atoms with E-state index in [-0.39, 0.29) is 13.2 Å². The van der Waals surface area contributed by atoms with E-state index in [1.54, 1.807) is 22.2 Å². The molecule has 1 amide bonds. The second kappa shape index (κ2) is 10.5. The fourth-order valence-electron chi connectivity index (χ4n) is 4.23. The quantitative estimate of drug-likeness (QED) is 0.369. The summed E-state index contributed by atoms with van der Waals surface area (Å²) in [6.07, 6.45) is 0.0175. The lowest BCUT2D eigenvalue weighted by Crippen LogP contribution is -2.37. The van der Waals surface area contributed by atoms with Crippen molar-refractivity contribution < 1.29 is 33.3 Å². The summed E-state index contributed by atoms with van der Waals surface area (Å²) >= 11 is 5.11. The average molecular weight is 597 g/mol. The number of carbonyl (C=O) groups excluding carboxylic acids is 2. The second-order valence-corrected chi connectivity index (χ2v) is 11.3. The third kappa shape index (κ3) is 5.55. The van der Waals surface area contributed by atoms with Crippen LogP contribution in [0.1, 0.15) is 25.0 Å². The Bertz CT molecular complexity index is 1300. The first kappa shape index (κ1) is 25.8. The van der Waals surface area contributed by atoms with E-state index >= 15 is 0 Å². The molecule has 0 saturated carbocycles. The van der Waals surface area contributed by atoms with Gasteiger partial charge in [-0.25, -0.2) is 19.7 Å². The number of hydrogen-bond acceptors (Lipinski definition) is 12. The molecular weight excluding hydrogens is 572 g/mol. The van der Waals surface area contributed by atoms with Gasteiger partial charge in [0.05, 0.1) is 23.8 Å². The number of rotatable bonds is 8. The fraction of sp³-hybridized carbons (Fsp3) is 0.500. The van der Waals surface area contributed by atoms with Gasteiger partial charge in [-0.2, -0.15) is 0 Å². The number of amides is 1. The smallest absolute Gasteiger partial charge is 0.407 e. The molecule has 5 heterocycles. The van der Waals surface area contributed by atoms with Gasteiger partial charge >= 0.3 is 12.1 Å². The lowest BCUT2D eigenvalue weighted by molar-refractivity contribution is -0.199. The Kier molecular flexibility index (Phi) is 7.31. The highest BCUT2D eigenvalue weighted by molar-refractivity contribution is 9.11. The van der Waals surface area contributed by atoms with Crippen LogP contribution in [-0.2, 0) is 35.0 Å². The van der Waals surface area contributed by atoms with E-state index in [1.807, 2.05) is 26.0 Å². The summed E-state index contributed by atoms with van der Waals surface area (Å²) in [6.45, 7) is 3.78. The van der Waals surface area contributed by atoms with Gasteiger partial charge in [0.15, 0.2) is 29.0 Å². The number of thiophene rings is 1. The molecule has 2 N–H and O–H groups in total. The van der Waals surface area contributed by atoms with Gasteiger partial charge in [-0.1, -0.05) is 0 Å². The number of halogens is 1. The number of aromatic nitrogens is 4. The molecule has 2 saturated heterocycles. The topological polar surface area (TPSA) is 148 Å². The van der Waals surface area contributed by atoms with E-state index in [1.165, 1.54) is 13.4 Å². The number of carbonyl (C=O) groups is 2. The summed E-state index contributed by atoms with van der Waals surface area (Å²) in [4.78, 5) is 37.7. The molecule has 3 aromatic rings. The molecule has 0 radical (unpaired) electrons. The molecule has 0 aromatic carbocycles. The zero-order valence-corrected chi connectivity index (χ0v) is 22.6. The number of nitrogens with one attached hydrogen (secondary N) is 2. The van der Waals surface area contributed by atoms with Crippen molar-refractivity contribution in [2.45, 2.75) is 50.7 Å². The highest BCUT2D eigenvalue weighted by atomic mass is 79.9. The standard InChI is InChI=1S/C22H25BrN6O7S/c1-22(2)35-16-12(8-33-21(31)25-7-14(30)32-3)34-20(17(16)36-22)29-10-28-15-18(26-9-27-19(15)29)24-6-11-4-5-13(23)37-11/h4-5,9-10,12,16-17,20H,6-8H2,1-3H3,(H,25,31)(H,24,26,27)/t12-,16+,17?,20-/m1/s1. The number of hydrogen-bond donors (Lipinski definition) is 2. The molecule has 5 rings (SSSR count). The lowest BCUT2D eigenvalue weighted by atomic mass is 10.1. The molecule has 1 unspecified atom stereocenters. The summed E-state index contributed by atoms with van der Waals surface area (Å²) in [7, 11) is 1.23. The minimum absolute atomic E-state index is 0.116. The Labute approximate surface area is 223 Å². The molecule has 3 aromatic heterocycles. The highest BCUT2D eigenvalue weighted by Gasteiger charge is 2.56. The number of esters is 1. The van der Waals surface area contributed by atoms with Crippen molar-refractivity contribution in [1.82, 2.24) is 24.8 Å². The first-order chi connectivity index (χ1) is 17.7. The van der Waals surface area contributed by atoms with Crippen molar-refractivity contribution in [2.75, 3.05) is 25.6 Å². The van der Waals surface area contributed by atoms with Gasteiger partial charge in [0.25, 0.3) is 0 Å². The SMILES string of the molecule is COC(=O)CNC(=O)OC[C@H]1O[C@@H](n2cnc3c(NCc4ccc(Br)s4)ncnc32)C2OC(C)(C)O[C@H]21. The van der Waals surface area contributed by atoms with Gasteiger partial charge in [-0.3, -0.25) is 9.36 Å². The van der Waals surface area contributed by atoms with Crippen LogP contribution in [0.2, 0.25) is 0 Å². The Morgan fingerprint density at radius 1 is 1.22 bits per heavy atom. The summed E-state index contributed by atoms with van der Waals surface area (Å²) in [5, 5.41) is 5.64. The van der Waals surface area contributed by atoms with Crippen molar-refractivity contribution in [3.05, 3.63) is 33.5 Å². The monoisotopic (exact) mass is 596 g/mol. The van der Waals surface area contributed by atoms with Gasteiger partial charge < -0.3 is 34.3 Å². The minimum Gasteiger partial charge on any atom is -0.468 e. The average Bonchev–Trinajstić information content (AvgIpc) is 3.63. The molecule has 4 atom stereocenters. The van der Waals surface area contributed by atoms with Crippen LogP contribution in [0.3, 0.4) is 0 Å². The Balaban J connectivity index is 1.32. The predicted octanol–water partition coefficient (Wildman–Crippen LogP) is 2.58. The first-order valence-corrected chi connectivity index (χ1v) is 13.0. The van der Waals surface area contributed by atoms with Crippen molar-refractivity contribution >= 4 is 56.3 Å². The van der Waals surface area contributed by atoms with Crippen molar-refractivity contribution in [3.63, 3.8) is 0 Å². The molecule has 2 fully saturated rings. The van der Waals surface area contributed by atoms with E-state index < -0.39 is 42.4 Å². The number of ether oxygens (including phenoxy) is 5. The van der Waals surface area contributed by atoms with E-state index in [2.05, 4.69) is 46.3 Å². The van der Waals surface area contributed by atoms with Gasteiger partial charge in [0.2, 0.25) is 0 Å². The van der Waals surface area contributed by atoms with Crippen LogP contribution < -0.4 is 10.6 Å². The van der Waals surface area contributed by atoms with Gasteiger partial charge in [0, 0.05) is 4.88 Å². The lowest BCUT2D eigenvalue weighted by Gasteiger charge is -2.24. The van der Waals surface area contributed by atoms with Crippen LogP contribution in [0.4, 0.5) is 10.6 Å². The molecule has 0 aliphatic carbocycles. The predicted molar refractivity (Wildman–Crippen MR) is 134 cm³/mol. The van der Waals surface area contributed by atoms with Crippen LogP contribution in [0, 0.1) is 0 Å². The first-order valence-electron chi connectivity index (χ1n) is 11.4. The third-order valence-corrected chi connectivity index (χ3v) is 7.42. The van der Waals surface area contributed by atoms with Crippen molar-refractivity contribution in [2.24, 2.45) is 0 Å². The maximum atomic E-state index is 12.0. The van der Waals surface area contributed by atoms with Gasteiger partial charge in [-0.05, 0) is 41.9 Å². The zero-order chi connectivity index (χ0) is 26.2. The molecular formula is C22H25BrN6O7S. The van der Waals surface area contributed by atoms with E-state index in [4.69, 9.17) is 18.9 Å². The Morgan fingerprint density at radius 3 is 2.78 bits per heavy atom. The van der Waals surface area contributed by atoms with Crippen molar-refractivity contribution in [3.8, 4) is 0 Å². The molecule has 0 bridgehead atoms. The number of methoxy groups -OCH3 is 1. The summed E-state index contributed by atoms with van der Waals surface area (Å²) in [6, 6.07) is 4.02. The number of nitrogens with zero attached hydrogens (tertiary/aromatic N) is 4. The summed E-state index contributed by atoms with van der Waals surface area (Å²) in [5.74, 6) is -0.862. The van der Waals surface area contributed by atoms with Crippen LogP contribution in [0.15, 0.2) is 28.6 Å². The van der Waals surface area contributed by atoms with Crippen molar-refractivity contribution in [1.29, 1.82) is 0 Å². The number of alkyl carbamates (subject to hydrolysis) is 1. The molecule has 37 heavy (non-hydrogen) atoms. The molecule has 15 heteroatoms. The highest BCUT2D eigenvalue weighted by Crippen LogP contribution is 2.44. The number of anilines is 1.